The van der Waals surface area contributed by atoms with Crippen molar-refractivity contribution in [1.82, 2.24) is 14.3 Å². The van der Waals surface area contributed by atoms with Crippen LogP contribution in [0.1, 0.15) is 5.56 Å². The zero-order valence-electron chi connectivity index (χ0n) is 8.93. The van der Waals surface area contributed by atoms with Gasteiger partial charge < -0.3 is 4.57 Å². The van der Waals surface area contributed by atoms with E-state index in [0.717, 1.165) is 12.0 Å². The van der Waals surface area contributed by atoms with Gasteiger partial charge in [-0.25, -0.2) is 0 Å². The van der Waals surface area contributed by atoms with Crippen molar-refractivity contribution in [2.45, 2.75) is 13.0 Å². The highest BCUT2D eigenvalue weighted by Crippen LogP contribution is 2.03. The standard InChI is InChI=1S/C11H12BrN3O/c1-14-8-9(7-13-14)4-6-15-5-2-3-10(12)11(15)16/h2-3,5,7-8H,4,6H2,1H3. The van der Waals surface area contributed by atoms with Crippen molar-refractivity contribution in [2.75, 3.05) is 0 Å². The van der Waals surface area contributed by atoms with E-state index in [1.165, 1.54) is 0 Å². The number of hydrogen-bond donors (Lipinski definition) is 0. The molecule has 0 atom stereocenters. The fraction of sp³-hybridized carbons (Fsp3) is 0.273. The molecule has 2 heterocycles. The van der Waals surface area contributed by atoms with Gasteiger partial charge in [0.05, 0.1) is 10.7 Å². The average Bonchev–Trinajstić information content (AvgIpc) is 2.67. The summed E-state index contributed by atoms with van der Waals surface area (Å²) >= 11 is 3.23. The summed E-state index contributed by atoms with van der Waals surface area (Å²) in [6.07, 6.45) is 6.39. The average molecular weight is 282 g/mol. The lowest BCUT2D eigenvalue weighted by atomic mass is 10.2. The van der Waals surface area contributed by atoms with Crippen molar-refractivity contribution in [3.05, 3.63) is 51.1 Å². The Balaban J connectivity index is 2.11. The number of halogens is 1. The fourth-order valence-electron chi connectivity index (χ4n) is 1.53. The molecule has 16 heavy (non-hydrogen) atoms. The first kappa shape index (κ1) is 11.1. The van der Waals surface area contributed by atoms with Gasteiger partial charge >= 0.3 is 0 Å². The molecule has 2 aromatic heterocycles. The number of aryl methyl sites for hydroxylation is 3. The number of pyridine rings is 1. The predicted octanol–water partition coefficient (Wildman–Crippen LogP) is 1.59. The van der Waals surface area contributed by atoms with E-state index >= 15 is 0 Å². The molecular weight excluding hydrogens is 270 g/mol. The van der Waals surface area contributed by atoms with E-state index in [2.05, 4.69) is 21.0 Å². The SMILES string of the molecule is Cn1cc(CCn2cccc(Br)c2=O)cn1. The van der Waals surface area contributed by atoms with Crippen molar-refractivity contribution in [3.63, 3.8) is 0 Å². The molecule has 0 unspecified atom stereocenters. The number of hydrogen-bond acceptors (Lipinski definition) is 2. The molecule has 2 aromatic rings. The molecule has 0 amide bonds. The van der Waals surface area contributed by atoms with Crippen LogP contribution in [0.2, 0.25) is 0 Å². The summed E-state index contributed by atoms with van der Waals surface area (Å²) in [5.74, 6) is 0. The molecule has 0 spiro atoms. The van der Waals surface area contributed by atoms with Gasteiger partial charge in [0.1, 0.15) is 0 Å². The normalized spacial score (nSPS) is 10.6. The van der Waals surface area contributed by atoms with Gasteiger partial charge in [0.2, 0.25) is 0 Å². The highest BCUT2D eigenvalue weighted by molar-refractivity contribution is 9.10. The number of rotatable bonds is 3. The predicted molar refractivity (Wildman–Crippen MR) is 65.3 cm³/mol. The highest BCUT2D eigenvalue weighted by atomic mass is 79.9. The van der Waals surface area contributed by atoms with Crippen LogP contribution in [0.5, 0.6) is 0 Å². The molecule has 0 saturated carbocycles. The van der Waals surface area contributed by atoms with E-state index < -0.39 is 0 Å². The van der Waals surface area contributed by atoms with Crippen LogP contribution in [-0.2, 0) is 20.0 Å². The van der Waals surface area contributed by atoms with E-state index in [-0.39, 0.29) is 5.56 Å². The first-order valence-corrected chi connectivity index (χ1v) is 5.78. The van der Waals surface area contributed by atoms with Gasteiger partial charge in [0.15, 0.2) is 0 Å². The summed E-state index contributed by atoms with van der Waals surface area (Å²) in [5.41, 5.74) is 1.14. The van der Waals surface area contributed by atoms with Gasteiger partial charge in [0, 0.05) is 26.0 Å². The number of nitrogens with zero attached hydrogens (tertiary/aromatic N) is 3. The minimum atomic E-state index is 0.00592. The molecule has 0 saturated heterocycles. The lowest BCUT2D eigenvalue weighted by Crippen LogP contribution is -2.20. The molecule has 0 N–H and O–H groups in total. The highest BCUT2D eigenvalue weighted by Gasteiger charge is 2.01. The minimum absolute atomic E-state index is 0.00592. The monoisotopic (exact) mass is 281 g/mol. The van der Waals surface area contributed by atoms with E-state index in [4.69, 9.17) is 0 Å². The Morgan fingerprint density at radius 2 is 2.31 bits per heavy atom. The summed E-state index contributed by atoms with van der Waals surface area (Å²) in [6, 6.07) is 3.61. The molecule has 84 valence electrons. The summed E-state index contributed by atoms with van der Waals surface area (Å²) in [4.78, 5) is 11.7. The van der Waals surface area contributed by atoms with Crippen molar-refractivity contribution in [3.8, 4) is 0 Å². The van der Waals surface area contributed by atoms with Crippen LogP contribution in [-0.4, -0.2) is 14.3 Å². The number of aromatic nitrogens is 3. The second kappa shape index (κ2) is 4.65. The lowest BCUT2D eigenvalue weighted by Gasteiger charge is -2.04. The third kappa shape index (κ3) is 2.41. The maximum atomic E-state index is 11.7. The van der Waals surface area contributed by atoms with Crippen LogP contribution in [0.15, 0.2) is 40.0 Å². The molecule has 0 aliphatic heterocycles. The lowest BCUT2D eigenvalue weighted by molar-refractivity contribution is 0.666. The topological polar surface area (TPSA) is 39.8 Å². The van der Waals surface area contributed by atoms with Crippen LogP contribution in [0.3, 0.4) is 0 Å². The second-order valence-corrected chi connectivity index (χ2v) is 4.48. The molecule has 2 rings (SSSR count). The van der Waals surface area contributed by atoms with E-state index in [1.807, 2.05) is 25.5 Å². The molecular formula is C11H12BrN3O. The fourth-order valence-corrected chi connectivity index (χ4v) is 1.91. The zero-order valence-corrected chi connectivity index (χ0v) is 10.5. The van der Waals surface area contributed by atoms with Crippen molar-refractivity contribution < 1.29 is 0 Å². The summed E-state index contributed by atoms with van der Waals surface area (Å²) in [5, 5.41) is 4.09. The smallest absolute Gasteiger partial charge is 0.264 e. The quantitative estimate of drug-likeness (QED) is 0.857. The maximum Gasteiger partial charge on any atom is 0.264 e. The summed E-state index contributed by atoms with van der Waals surface area (Å²) in [6.45, 7) is 0.671. The Bertz CT molecular complexity index is 544. The first-order valence-electron chi connectivity index (χ1n) is 4.99. The Morgan fingerprint density at radius 1 is 1.50 bits per heavy atom. The molecule has 0 fully saturated rings. The largest absolute Gasteiger partial charge is 0.314 e. The second-order valence-electron chi connectivity index (χ2n) is 3.63. The van der Waals surface area contributed by atoms with Gasteiger partial charge in [-0.15, -0.1) is 0 Å². The Hall–Kier alpha value is -1.36. The molecule has 0 aliphatic carbocycles. The van der Waals surface area contributed by atoms with E-state index in [0.29, 0.717) is 11.0 Å². The van der Waals surface area contributed by atoms with E-state index in [9.17, 15) is 4.79 Å². The molecule has 0 aliphatic rings. The van der Waals surface area contributed by atoms with Crippen LogP contribution in [0, 0.1) is 0 Å². The Kier molecular flexibility index (Phi) is 3.24. The van der Waals surface area contributed by atoms with Crippen LogP contribution in [0.25, 0.3) is 0 Å². The van der Waals surface area contributed by atoms with Gasteiger partial charge in [-0.2, -0.15) is 5.10 Å². The third-order valence-electron chi connectivity index (χ3n) is 2.37. The van der Waals surface area contributed by atoms with Crippen LogP contribution >= 0.6 is 15.9 Å². The maximum absolute atomic E-state index is 11.7. The van der Waals surface area contributed by atoms with Crippen molar-refractivity contribution >= 4 is 15.9 Å². The zero-order chi connectivity index (χ0) is 11.5. The van der Waals surface area contributed by atoms with Crippen molar-refractivity contribution in [1.29, 1.82) is 0 Å². The van der Waals surface area contributed by atoms with Crippen LogP contribution < -0.4 is 5.56 Å². The molecule has 0 aromatic carbocycles. The van der Waals surface area contributed by atoms with Crippen molar-refractivity contribution in [2.24, 2.45) is 7.05 Å². The third-order valence-corrected chi connectivity index (χ3v) is 2.98. The van der Waals surface area contributed by atoms with Crippen LogP contribution in [0.4, 0.5) is 0 Å². The molecule has 0 bridgehead atoms. The minimum Gasteiger partial charge on any atom is -0.314 e. The summed E-state index contributed by atoms with van der Waals surface area (Å²) in [7, 11) is 1.88. The summed E-state index contributed by atoms with van der Waals surface area (Å²) < 4.78 is 4.05. The molecule has 4 nitrogen and oxygen atoms in total. The molecule has 0 radical (unpaired) electrons. The Morgan fingerprint density at radius 3 is 3.00 bits per heavy atom. The van der Waals surface area contributed by atoms with Gasteiger partial charge in [-0.3, -0.25) is 9.48 Å². The van der Waals surface area contributed by atoms with Gasteiger partial charge in [-0.1, -0.05) is 0 Å². The van der Waals surface area contributed by atoms with E-state index in [1.54, 1.807) is 21.5 Å². The van der Waals surface area contributed by atoms with Gasteiger partial charge in [-0.05, 0) is 40.0 Å². The first-order chi connectivity index (χ1) is 7.66. The molecule has 5 heteroatoms. The van der Waals surface area contributed by atoms with Gasteiger partial charge in [0.25, 0.3) is 5.56 Å². The Labute approximate surface area is 102 Å².